The molecule has 1 aromatic carbocycles. The lowest BCUT2D eigenvalue weighted by Crippen LogP contribution is -2.29. The second kappa shape index (κ2) is 5.50. The third-order valence-electron chi connectivity index (χ3n) is 3.48. The molecule has 0 amide bonds. The van der Waals surface area contributed by atoms with Crippen molar-refractivity contribution < 1.29 is 27.8 Å². The first-order valence-electron chi connectivity index (χ1n) is 6.50. The van der Waals surface area contributed by atoms with Gasteiger partial charge in [-0.1, -0.05) is 0 Å². The summed E-state index contributed by atoms with van der Waals surface area (Å²) in [6, 6.07) is 4.81. The highest BCUT2D eigenvalue weighted by molar-refractivity contribution is 5.68. The van der Waals surface area contributed by atoms with Gasteiger partial charge in [0.25, 0.3) is 0 Å². The predicted octanol–water partition coefficient (Wildman–Crippen LogP) is 2.33. The van der Waals surface area contributed by atoms with Crippen LogP contribution in [0.5, 0.6) is 11.5 Å². The minimum atomic E-state index is -2.91. The summed E-state index contributed by atoms with van der Waals surface area (Å²) in [7, 11) is 1.40. The molecule has 0 bridgehead atoms. The largest absolute Gasteiger partial charge is 0.493 e. The number of hydrogen-bond donors (Lipinski definition) is 1. The third kappa shape index (κ3) is 2.79. The van der Waals surface area contributed by atoms with Crippen LogP contribution in [0.25, 0.3) is 5.70 Å². The molecule has 1 atom stereocenters. The van der Waals surface area contributed by atoms with E-state index in [0.717, 1.165) is 6.42 Å². The Balaban J connectivity index is 1.89. The molecule has 1 fully saturated rings. The van der Waals surface area contributed by atoms with Crippen LogP contribution in [0.15, 0.2) is 24.3 Å². The van der Waals surface area contributed by atoms with Crippen molar-refractivity contribution in [1.29, 1.82) is 0 Å². The lowest BCUT2D eigenvalue weighted by atomic mass is 10.0. The van der Waals surface area contributed by atoms with Crippen LogP contribution in [-0.4, -0.2) is 32.5 Å². The third-order valence-corrected chi connectivity index (χ3v) is 3.48. The molecule has 0 aliphatic carbocycles. The molecule has 1 saturated heterocycles. The second-order valence-electron chi connectivity index (χ2n) is 4.87. The van der Waals surface area contributed by atoms with E-state index >= 15 is 0 Å². The lowest BCUT2D eigenvalue weighted by Gasteiger charge is -2.15. The molecular weight excluding hydrogens is 284 g/mol. The van der Waals surface area contributed by atoms with Crippen molar-refractivity contribution in [3.05, 3.63) is 29.8 Å². The maximum Gasteiger partial charge on any atom is 0.387 e. The first-order valence-corrected chi connectivity index (χ1v) is 6.50. The minimum Gasteiger partial charge on any atom is -0.493 e. The van der Waals surface area contributed by atoms with Crippen LogP contribution in [0, 0.1) is 0 Å². The van der Waals surface area contributed by atoms with Gasteiger partial charge in [-0.25, -0.2) is 0 Å². The molecule has 7 heteroatoms. The number of rotatable bonds is 4. The van der Waals surface area contributed by atoms with Gasteiger partial charge in [0.1, 0.15) is 5.60 Å². The van der Waals surface area contributed by atoms with Crippen LogP contribution >= 0.6 is 0 Å². The van der Waals surface area contributed by atoms with Gasteiger partial charge in [0.05, 0.1) is 19.4 Å². The summed E-state index contributed by atoms with van der Waals surface area (Å²) >= 11 is 0. The van der Waals surface area contributed by atoms with E-state index in [-0.39, 0.29) is 11.5 Å². The summed E-state index contributed by atoms with van der Waals surface area (Å²) in [5.41, 5.74) is 3.72. The molecule has 2 aliphatic heterocycles. The Bertz CT molecular complexity index is 556. The number of hydroxylamine groups is 1. The molecule has 2 aliphatic rings. The number of alkyl halides is 2. The Kier molecular flexibility index (Phi) is 3.69. The smallest absolute Gasteiger partial charge is 0.387 e. The first-order chi connectivity index (χ1) is 10.1. The first kappa shape index (κ1) is 14.1. The van der Waals surface area contributed by atoms with E-state index in [9.17, 15) is 8.78 Å². The van der Waals surface area contributed by atoms with E-state index in [2.05, 4.69) is 10.2 Å². The zero-order valence-corrected chi connectivity index (χ0v) is 11.4. The van der Waals surface area contributed by atoms with Gasteiger partial charge < -0.3 is 14.2 Å². The van der Waals surface area contributed by atoms with E-state index in [1.54, 1.807) is 12.1 Å². The maximum absolute atomic E-state index is 12.4. The van der Waals surface area contributed by atoms with E-state index in [4.69, 9.17) is 14.3 Å². The topological polar surface area (TPSA) is 49.0 Å². The van der Waals surface area contributed by atoms with Crippen molar-refractivity contribution in [2.75, 3.05) is 20.3 Å². The monoisotopic (exact) mass is 299 g/mol. The summed E-state index contributed by atoms with van der Waals surface area (Å²) < 4.78 is 39.7. The van der Waals surface area contributed by atoms with Gasteiger partial charge >= 0.3 is 6.61 Å². The summed E-state index contributed by atoms with van der Waals surface area (Å²) in [4.78, 5) is 5.56. The zero-order chi connectivity index (χ0) is 14.9. The van der Waals surface area contributed by atoms with Crippen LogP contribution in [0.3, 0.4) is 0 Å². The van der Waals surface area contributed by atoms with Gasteiger partial charge in [-0.3, -0.25) is 10.3 Å². The van der Waals surface area contributed by atoms with Gasteiger partial charge in [-0.2, -0.15) is 8.78 Å². The fourth-order valence-electron chi connectivity index (χ4n) is 2.41. The summed E-state index contributed by atoms with van der Waals surface area (Å²) in [5.74, 6) is 0.230. The van der Waals surface area contributed by atoms with Gasteiger partial charge in [-0.05, 0) is 24.3 Å². The Hall–Kier alpha value is -1.86. The molecule has 3 rings (SSSR count). The van der Waals surface area contributed by atoms with Crippen molar-refractivity contribution in [1.82, 2.24) is 5.48 Å². The van der Waals surface area contributed by atoms with E-state index in [0.29, 0.717) is 24.5 Å². The van der Waals surface area contributed by atoms with E-state index in [1.165, 1.54) is 13.2 Å². The van der Waals surface area contributed by atoms with Crippen LogP contribution in [0.1, 0.15) is 12.0 Å². The number of ether oxygens (including phenoxy) is 3. The van der Waals surface area contributed by atoms with Crippen molar-refractivity contribution in [3.63, 3.8) is 0 Å². The average molecular weight is 299 g/mol. The van der Waals surface area contributed by atoms with E-state index in [1.807, 2.05) is 6.08 Å². The molecule has 2 heterocycles. The van der Waals surface area contributed by atoms with Crippen molar-refractivity contribution in [3.8, 4) is 11.5 Å². The Morgan fingerprint density at radius 2 is 2.19 bits per heavy atom. The van der Waals surface area contributed by atoms with Crippen LogP contribution in [0.2, 0.25) is 0 Å². The van der Waals surface area contributed by atoms with Crippen molar-refractivity contribution in [2.45, 2.75) is 18.6 Å². The molecule has 1 N–H and O–H groups in total. The molecule has 0 radical (unpaired) electrons. The molecule has 21 heavy (non-hydrogen) atoms. The van der Waals surface area contributed by atoms with E-state index < -0.39 is 12.2 Å². The molecule has 1 spiro atoms. The molecule has 0 aromatic heterocycles. The normalized spacial score (nSPS) is 24.3. The van der Waals surface area contributed by atoms with Crippen LogP contribution < -0.4 is 15.0 Å². The standard InChI is InChI=1S/C14H15F2NO4/c1-18-11-3-2-9(6-12(11)20-13(15)16)10-7-14(21-17-10)4-5-19-8-14/h2-3,6-7,13,17H,4-5,8H2,1H3. The summed E-state index contributed by atoms with van der Waals surface area (Å²) in [5, 5.41) is 0. The predicted molar refractivity (Wildman–Crippen MR) is 70.0 cm³/mol. The average Bonchev–Trinajstić information content (AvgIpc) is 3.09. The van der Waals surface area contributed by atoms with Gasteiger partial charge in [-0.15, -0.1) is 0 Å². The van der Waals surface area contributed by atoms with Crippen LogP contribution in [0.4, 0.5) is 8.78 Å². The molecule has 1 aromatic rings. The fraction of sp³-hybridized carbons (Fsp3) is 0.429. The molecule has 114 valence electrons. The number of nitrogens with one attached hydrogen (secondary N) is 1. The highest BCUT2D eigenvalue weighted by atomic mass is 19.3. The van der Waals surface area contributed by atoms with Crippen molar-refractivity contribution in [2.24, 2.45) is 0 Å². The summed E-state index contributed by atoms with van der Waals surface area (Å²) in [6.07, 6.45) is 2.66. The SMILES string of the molecule is COc1ccc(C2=CC3(CCOC3)ON2)cc1OC(F)F. The zero-order valence-electron chi connectivity index (χ0n) is 11.4. The molecular formula is C14H15F2NO4. The quantitative estimate of drug-likeness (QED) is 0.924. The second-order valence-corrected chi connectivity index (χ2v) is 4.87. The number of halogens is 2. The van der Waals surface area contributed by atoms with Crippen molar-refractivity contribution >= 4 is 5.70 Å². The maximum atomic E-state index is 12.4. The Labute approximate surface area is 120 Å². The fourth-order valence-corrected chi connectivity index (χ4v) is 2.41. The number of benzene rings is 1. The van der Waals surface area contributed by atoms with Gasteiger partial charge in [0, 0.05) is 18.6 Å². The highest BCUT2D eigenvalue weighted by Crippen LogP contribution is 2.36. The van der Waals surface area contributed by atoms with Gasteiger partial charge in [0.15, 0.2) is 11.5 Å². The Morgan fingerprint density at radius 1 is 1.33 bits per heavy atom. The molecule has 0 saturated carbocycles. The molecule has 1 unspecified atom stereocenters. The lowest BCUT2D eigenvalue weighted by molar-refractivity contribution is -0.0512. The minimum absolute atomic E-state index is 0.0173. The number of hydrogen-bond acceptors (Lipinski definition) is 5. The number of methoxy groups -OCH3 is 1. The molecule has 5 nitrogen and oxygen atoms in total. The van der Waals surface area contributed by atoms with Gasteiger partial charge in [0.2, 0.25) is 0 Å². The Morgan fingerprint density at radius 3 is 2.86 bits per heavy atom. The highest BCUT2D eigenvalue weighted by Gasteiger charge is 2.39. The summed E-state index contributed by atoms with van der Waals surface area (Å²) in [6.45, 7) is -1.81. The van der Waals surface area contributed by atoms with Crippen LogP contribution in [-0.2, 0) is 9.57 Å².